The summed E-state index contributed by atoms with van der Waals surface area (Å²) in [6, 6.07) is 53.9. The summed E-state index contributed by atoms with van der Waals surface area (Å²) in [5.74, 6) is 0.704. The number of para-hydroxylation sites is 2. The van der Waals surface area contributed by atoms with E-state index in [9.17, 15) is 0 Å². The standard InChI is InChI=1S/C43H31N3.C4H8/c1-43(2)35-22-12-9-19-30(35)33-25-34-31-20-10-13-23-39(31)46(41(34)26-36(33)43)40-24-14-11-21-32(40)42-44-37(28-15-5-3-6-16-28)27-38(45-42)29-17-7-4-8-18-29;1-3-4-2/h3-27H,1-2H3;3-4H,1-2H3/b;4-3-. The highest BCUT2D eigenvalue weighted by molar-refractivity contribution is 6.12. The van der Waals surface area contributed by atoms with Gasteiger partial charge < -0.3 is 4.57 Å². The lowest BCUT2D eigenvalue weighted by atomic mass is 9.82. The van der Waals surface area contributed by atoms with E-state index in [1.54, 1.807) is 0 Å². The number of hydrogen-bond donors (Lipinski definition) is 0. The number of benzene rings is 6. The normalized spacial score (nSPS) is 12.9. The zero-order valence-electron chi connectivity index (χ0n) is 28.9. The van der Waals surface area contributed by atoms with Gasteiger partial charge in [-0.25, -0.2) is 9.97 Å². The van der Waals surface area contributed by atoms with Crippen LogP contribution in [0.5, 0.6) is 0 Å². The highest BCUT2D eigenvalue weighted by Crippen LogP contribution is 2.51. The van der Waals surface area contributed by atoms with Crippen molar-refractivity contribution >= 4 is 21.8 Å². The molecule has 1 aliphatic carbocycles. The predicted molar refractivity (Wildman–Crippen MR) is 211 cm³/mol. The Morgan fingerprint density at radius 2 is 1.04 bits per heavy atom. The minimum absolute atomic E-state index is 0.0986. The van der Waals surface area contributed by atoms with E-state index >= 15 is 0 Å². The average Bonchev–Trinajstić information content (AvgIpc) is 3.62. The topological polar surface area (TPSA) is 30.7 Å². The Morgan fingerprint density at radius 3 is 1.70 bits per heavy atom. The first-order valence-electron chi connectivity index (χ1n) is 17.3. The van der Waals surface area contributed by atoms with Crippen LogP contribution in [0.25, 0.3) is 72.5 Å². The van der Waals surface area contributed by atoms with Gasteiger partial charge in [0.15, 0.2) is 5.82 Å². The van der Waals surface area contributed by atoms with Crippen molar-refractivity contribution < 1.29 is 0 Å². The Morgan fingerprint density at radius 1 is 0.480 bits per heavy atom. The lowest BCUT2D eigenvalue weighted by molar-refractivity contribution is 0.661. The number of hydrogen-bond acceptors (Lipinski definition) is 2. The molecule has 6 aromatic carbocycles. The van der Waals surface area contributed by atoms with Crippen molar-refractivity contribution in [2.75, 3.05) is 0 Å². The molecule has 9 rings (SSSR count). The summed E-state index contributed by atoms with van der Waals surface area (Å²) in [5, 5.41) is 2.49. The molecule has 3 heteroatoms. The minimum atomic E-state index is -0.0986. The molecule has 0 fully saturated rings. The SMILES string of the molecule is C/C=C\C.CC1(C)c2ccccc2-c2cc3c4ccccc4n(-c4ccccc4-c4nc(-c5ccccc5)cc(-c5ccccc5)n4)c3cc21. The number of fused-ring (bicyclic) bond motifs is 6. The molecule has 0 atom stereocenters. The first-order valence-corrected chi connectivity index (χ1v) is 17.3. The van der Waals surface area contributed by atoms with Crippen molar-refractivity contribution in [3.8, 4) is 50.7 Å². The molecule has 0 saturated heterocycles. The van der Waals surface area contributed by atoms with Gasteiger partial charge in [-0.15, -0.1) is 0 Å². The second-order valence-electron chi connectivity index (χ2n) is 13.3. The molecule has 0 aliphatic heterocycles. The lowest BCUT2D eigenvalue weighted by Crippen LogP contribution is -2.15. The highest BCUT2D eigenvalue weighted by atomic mass is 15.0. The molecule has 0 amide bonds. The molecule has 0 radical (unpaired) electrons. The van der Waals surface area contributed by atoms with E-state index in [1.807, 2.05) is 38.1 Å². The van der Waals surface area contributed by atoms with Gasteiger partial charge >= 0.3 is 0 Å². The predicted octanol–water partition coefficient (Wildman–Crippen LogP) is 12.5. The molecule has 2 heterocycles. The summed E-state index contributed by atoms with van der Waals surface area (Å²) in [7, 11) is 0. The molecule has 0 N–H and O–H groups in total. The Kier molecular flexibility index (Phi) is 7.97. The van der Waals surface area contributed by atoms with Gasteiger partial charge in [-0.2, -0.15) is 0 Å². The van der Waals surface area contributed by atoms with Gasteiger partial charge in [0, 0.05) is 32.9 Å². The number of nitrogens with zero attached hydrogens (tertiary/aromatic N) is 3. The van der Waals surface area contributed by atoms with E-state index < -0.39 is 0 Å². The van der Waals surface area contributed by atoms with Crippen molar-refractivity contribution in [2.45, 2.75) is 33.1 Å². The van der Waals surface area contributed by atoms with E-state index in [-0.39, 0.29) is 5.41 Å². The van der Waals surface area contributed by atoms with Crippen molar-refractivity contribution in [3.63, 3.8) is 0 Å². The molecular weight excluding hydrogens is 607 g/mol. The highest BCUT2D eigenvalue weighted by Gasteiger charge is 2.36. The van der Waals surface area contributed by atoms with E-state index in [1.165, 1.54) is 44.1 Å². The van der Waals surface area contributed by atoms with Crippen LogP contribution in [0.4, 0.5) is 0 Å². The molecule has 8 aromatic rings. The van der Waals surface area contributed by atoms with Crippen molar-refractivity contribution in [1.29, 1.82) is 0 Å². The van der Waals surface area contributed by atoms with Gasteiger partial charge in [0.2, 0.25) is 0 Å². The number of rotatable bonds is 4. The maximum Gasteiger partial charge on any atom is 0.162 e. The molecule has 0 saturated carbocycles. The van der Waals surface area contributed by atoms with Crippen molar-refractivity contribution in [2.24, 2.45) is 0 Å². The zero-order valence-corrected chi connectivity index (χ0v) is 28.9. The maximum atomic E-state index is 5.21. The lowest BCUT2D eigenvalue weighted by Gasteiger charge is -2.22. The summed E-state index contributed by atoms with van der Waals surface area (Å²) < 4.78 is 2.42. The molecule has 50 heavy (non-hydrogen) atoms. The van der Waals surface area contributed by atoms with Gasteiger partial charge in [-0.05, 0) is 72.5 Å². The minimum Gasteiger partial charge on any atom is -0.308 e. The van der Waals surface area contributed by atoms with Crippen LogP contribution in [0.1, 0.15) is 38.8 Å². The molecule has 0 spiro atoms. The first-order chi connectivity index (χ1) is 24.5. The second kappa shape index (κ2) is 12.8. The van der Waals surface area contributed by atoms with Crippen LogP contribution in [-0.2, 0) is 5.41 Å². The van der Waals surface area contributed by atoms with Crippen molar-refractivity contribution in [3.05, 3.63) is 175 Å². The summed E-state index contributed by atoms with van der Waals surface area (Å²) in [4.78, 5) is 10.4. The number of aromatic nitrogens is 3. The molecule has 2 aromatic heterocycles. The summed E-state index contributed by atoms with van der Waals surface area (Å²) in [6.45, 7) is 8.69. The molecule has 0 unspecified atom stereocenters. The zero-order chi connectivity index (χ0) is 34.2. The smallest absolute Gasteiger partial charge is 0.162 e. The molecule has 242 valence electrons. The summed E-state index contributed by atoms with van der Waals surface area (Å²) in [5.41, 5.74) is 13.6. The third-order valence-electron chi connectivity index (χ3n) is 9.96. The average molecular weight is 646 g/mol. The third-order valence-corrected chi connectivity index (χ3v) is 9.96. The van der Waals surface area contributed by atoms with E-state index in [4.69, 9.17) is 9.97 Å². The Balaban J connectivity index is 0.000000859. The fourth-order valence-electron chi connectivity index (χ4n) is 7.36. The molecule has 3 nitrogen and oxygen atoms in total. The van der Waals surface area contributed by atoms with Crippen LogP contribution in [0, 0.1) is 0 Å². The maximum absolute atomic E-state index is 5.21. The molecule has 0 bridgehead atoms. The molecular formula is C47H39N3. The monoisotopic (exact) mass is 645 g/mol. The second-order valence-corrected chi connectivity index (χ2v) is 13.3. The van der Waals surface area contributed by atoms with Crippen LogP contribution >= 0.6 is 0 Å². The van der Waals surface area contributed by atoms with Crippen LogP contribution in [0.3, 0.4) is 0 Å². The van der Waals surface area contributed by atoms with Gasteiger partial charge in [0.25, 0.3) is 0 Å². The third kappa shape index (κ3) is 5.23. The van der Waals surface area contributed by atoms with Gasteiger partial charge in [0.05, 0.1) is 28.1 Å². The van der Waals surface area contributed by atoms with Gasteiger partial charge in [0.1, 0.15) is 0 Å². The summed E-state index contributed by atoms with van der Waals surface area (Å²) in [6.07, 6.45) is 4.00. The summed E-state index contributed by atoms with van der Waals surface area (Å²) >= 11 is 0. The molecule has 1 aliphatic rings. The Hall–Kier alpha value is -6.06. The van der Waals surface area contributed by atoms with Crippen molar-refractivity contribution in [1.82, 2.24) is 14.5 Å². The van der Waals surface area contributed by atoms with E-state index in [0.717, 1.165) is 33.8 Å². The fraction of sp³-hybridized carbons (Fsp3) is 0.106. The van der Waals surface area contributed by atoms with Crippen LogP contribution in [0.2, 0.25) is 0 Å². The fourth-order valence-corrected chi connectivity index (χ4v) is 7.36. The van der Waals surface area contributed by atoms with Crippen LogP contribution in [0.15, 0.2) is 164 Å². The Bertz CT molecular complexity index is 2460. The van der Waals surface area contributed by atoms with E-state index in [0.29, 0.717) is 5.82 Å². The largest absolute Gasteiger partial charge is 0.308 e. The van der Waals surface area contributed by atoms with Crippen LogP contribution in [-0.4, -0.2) is 14.5 Å². The van der Waals surface area contributed by atoms with Gasteiger partial charge in [-0.3, -0.25) is 0 Å². The van der Waals surface area contributed by atoms with Crippen LogP contribution < -0.4 is 0 Å². The Labute approximate surface area is 294 Å². The van der Waals surface area contributed by atoms with Gasteiger partial charge in [-0.1, -0.05) is 141 Å². The number of allylic oxidation sites excluding steroid dienone is 2. The quantitative estimate of drug-likeness (QED) is 0.178. The first kappa shape index (κ1) is 31.2. The van der Waals surface area contributed by atoms with E-state index in [2.05, 4.69) is 158 Å².